The van der Waals surface area contributed by atoms with Crippen molar-refractivity contribution in [2.45, 2.75) is 5.91 Å². The number of nitrogen functional groups attached to an aromatic ring is 1. The van der Waals surface area contributed by atoms with E-state index in [0.717, 1.165) is 0 Å². The summed E-state index contributed by atoms with van der Waals surface area (Å²) in [5.74, 6) is -2.23. The molecular formula is C12H16N4O2. The van der Waals surface area contributed by atoms with Crippen LogP contribution in [0.5, 0.6) is 0 Å². The molecule has 96 valence electrons. The van der Waals surface area contributed by atoms with E-state index in [1.165, 1.54) is 25.2 Å². The van der Waals surface area contributed by atoms with E-state index in [4.69, 9.17) is 11.5 Å². The average molecular weight is 248 g/mol. The molecule has 0 aliphatic carbocycles. The molecule has 1 aliphatic rings. The molecule has 0 saturated heterocycles. The summed E-state index contributed by atoms with van der Waals surface area (Å²) >= 11 is 0. The zero-order valence-electron chi connectivity index (χ0n) is 10.3. The van der Waals surface area contributed by atoms with E-state index >= 15 is 0 Å². The Hall–Kier alpha value is -2.05. The molecule has 0 saturated carbocycles. The van der Waals surface area contributed by atoms with E-state index in [-0.39, 0.29) is 11.3 Å². The van der Waals surface area contributed by atoms with Gasteiger partial charge in [0.15, 0.2) is 0 Å². The summed E-state index contributed by atoms with van der Waals surface area (Å²) in [6.07, 6.45) is 1.33. The Bertz CT molecular complexity index is 549. The van der Waals surface area contributed by atoms with Crippen LogP contribution in [0, 0.1) is 0 Å². The third-order valence-electron chi connectivity index (χ3n) is 3.07. The molecule has 0 aromatic heterocycles. The van der Waals surface area contributed by atoms with Gasteiger partial charge in [0.25, 0.3) is 5.91 Å². The number of para-hydroxylation sites is 1. The summed E-state index contributed by atoms with van der Waals surface area (Å²) in [7, 11) is 3.07. The van der Waals surface area contributed by atoms with Crippen LogP contribution in [-0.2, 0) is 0 Å². The molecule has 18 heavy (non-hydrogen) atoms. The minimum Gasteiger partial charge on any atom is -0.398 e. The van der Waals surface area contributed by atoms with Gasteiger partial charge < -0.3 is 26.6 Å². The SMILES string of the molecule is CN=CC1=C(N)c2cccc(N)c2N(C)C1(O)O. The van der Waals surface area contributed by atoms with Crippen molar-refractivity contribution in [2.75, 3.05) is 24.7 Å². The normalized spacial score (nSPS) is 18.3. The molecule has 6 N–H and O–H groups in total. The Labute approximate surface area is 105 Å². The minimum absolute atomic E-state index is 0.130. The van der Waals surface area contributed by atoms with Crippen molar-refractivity contribution in [1.29, 1.82) is 0 Å². The number of benzene rings is 1. The topological polar surface area (TPSA) is 108 Å². The molecular weight excluding hydrogens is 232 g/mol. The lowest BCUT2D eigenvalue weighted by molar-refractivity contribution is -0.120. The average Bonchev–Trinajstić information content (AvgIpc) is 2.32. The van der Waals surface area contributed by atoms with Crippen molar-refractivity contribution in [2.24, 2.45) is 10.7 Å². The van der Waals surface area contributed by atoms with Crippen LogP contribution in [0.25, 0.3) is 5.70 Å². The molecule has 0 unspecified atom stereocenters. The minimum atomic E-state index is -2.23. The number of nitrogens with zero attached hydrogens (tertiary/aromatic N) is 2. The predicted octanol–water partition coefficient (Wildman–Crippen LogP) is -0.273. The van der Waals surface area contributed by atoms with E-state index in [9.17, 15) is 10.2 Å². The molecule has 1 aromatic rings. The van der Waals surface area contributed by atoms with E-state index in [1.54, 1.807) is 18.2 Å². The maximum atomic E-state index is 10.2. The molecule has 2 rings (SSSR count). The van der Waals surface area contributed by atoms with Crippen molar-refractivity contribution in [1.82, 2.24) is 0 Å². The number of hydrogen-bond acceptors (Lipinski definition) is 6. The molecule has 1 aromatic carbocycles. The molecule has 0 radical (unpaired) electrons. The number of rotatable bonds is 1. The van der Waals surface area contributed by atoms with Gasteiger partial charge in [-0.3, -0.25) is 4.99 Å². The van der Waals surface area contributed by atoms with E-state index in [0.29, 0.717) is 16.9 Å². The van der Waals surface area contributed by atoms with E-state index < -0.39 is 5.91 Å². The Morgan fingerprint density at radius 1 is 1.33 bits per heavy atom. The van der Waals surface area contributed by atoms with Gasteiger partial charge in [0.05, 0.1) is 22.6 Å². The maximum absolute atomic E-state index is 10.2. The van der Waals surface area contributed by atoms with Gasteiger partial charge in [-0.05, 0) is 6.07 Å². The summed E-state index contributed by atoms with van der Waals surface area (Å²) < 4.78 is 0. The monoisotopic (exact) mass is 248 g/mol. The quantitative estimate of drug-likeness (QED) is 0.311. The summed E-state index contributed by atoms with van der Waals surface area (Å²) in [6.45, 7) is 0. The molecule has 0 fully saturated rings. The van der Waals surface area contributed by atoms with Crippen molar-refractivity contribution >= 4 is 23.3 Å². The lowest BCUT2D eigenvalue weighted by atomic mass is 9.96. The Morgan fingerprint density at radius 3 is 2.61 bits per heavy atom. The number of anilines is 2. The Morgan fingerprint density at radius 2 is 2.00 bits per heavy atom. The summed E-state index contributed by atoms with van der Waals surface area (Å²) in [5, 5.41) is 20.3. The molecule has 1 heterocycles. The van der Waals surface area contributed by atoms with Crippen molar-refractivity contribution < 1.29 is 10.2 Å². The molecule has 6 nitrogen and oxygen atoms in total. The summed E-state index contributed by atoms with van der Waals surface area (Å²) in [5.41, 5.74) is 13.8. The first-order valence-corrected chi connectivity index (χ1v) is 5.41. The van der Waals surface area contributed by atoms with Crippen LogP contribution in [0.3, 0.4) is 0 Å². The second kappa shape index (κ2) is 4.01. The fraction of sp³-hybridized carbons (Fsp3) is 0.250. The van der Waals surface area contributed by atoms with Crippen LogP contribution < -0.4 is 16.4 Å². The standard InChI is InChI=1S/C12H16N4O2/c1-15-6-8-10(14)7-4-3-5-9(13)11(7)16(2)12(8,17)18/h3-6,17-18H,13-14H2,1-2H3. The van der Waals surface area contributed by atoms with Gasteiger partial charge in [0, 0.05) is 25.9 Å². The van der Waals surface area contributed by atoms with Gasteiger partial charge >= 0.3 is 0 Å². The van der Waals surface area contributed by atoms with Gasteiger partial charge in [0.2, 0.25) is 0 Å². The highest BCUT2D eigenvalue weighted by molar-refractivity contribution is 5.99. The van der Waals surface area contributed by atoms with Gasteiger partial charge in [-0.1, -0.05) is 12.1 Å². The van der Waals surface area contributed by atoms with Crippen molar-refractivity contribution in [3.8, 4) is 0 Å². The van der Waals surface area contributed by atoms with Gasteiger partial charge in [-0.15, -0.1) is 0 Å². The highest BCUT2D eigenvalue weighted by atomic mass is 16.5. The number of likely N-dealkylation sites (N-methyl/N-ethyl adjacent to an activating group) is 1. The highest BCUT2D eigenvalue weighted by Gasteiger charge is 2.41. The van der Waals surface area contributed by atoms with Gasteiger partial charge in [-0.2, -0.15) is 0 Å². The number of fused-ring (bicyclic) bond motifs is 1. The van der Waals surface area contributed by atoms with E-state index in [2.05, 4.69) is 4.99 Å². The van der Waals surface area contributed by atoms with Crippen LogP contribution in [0.2, 0.25) is 0 Å². The Kier molecular flexibility index (Phi) is 2.76. The first kappa shape index (κ1) is 12.4. The molecule has 1 aliphatic heterocycles. The van der Waals surface area contributed by atoms with Crippen LogP contribution in [0.15, 0.2) is 28.8 Å². The lowest BCUT2D eigenvalue weighted by Gasteiger charge is -2.40. The molecule has 0 bridgehead atoms. The maximum Gasteiger partial charge on any atom is 0.278 e. The smallest absolute Gasteiger partial charge is 0.278 e. The first-order chi connectivity index (χ1) is 8.41. The second-order valence-corrected chi connectivity index (χ2v) is 4.15. The zero-order valence-corrected chi connectivity index (χ0v) is 10.3. The number of hydrogen-bond donors (Lipinski definition) is 4. The zero-order chi connectivity index (χ0) is 13.5. The third kappa shape index (κ3) is 1.54. The largest absolute Gasteiger partial charge is 0.398 e. The Balaban J connectivity index is 2.79. The van der Waals surface area contributed by atoms with Gasteiger partial charge in [-0.25, -0.2) is 0 Å². The number of aliphatic hydroxyl groups is 2. The molecule has 6 heteroatoms. The van der Waals surface area contributed by atoms with Crippen LogP contribution >= 0.6 is 0 Å². The number of nitrogens with two attached hydrogens (primary N) is 2. The molecule has 0 atom stereocenters. The second-order valence-electron chi connectivity index (χ2n) is 4.15. The fourth-order valence-electron chi connectivity index (χ4n) is 2.10. The fourth-order valence-corrected chi connectivity index (χ4v) is 2.10. The van der Waals surface area contributed by atoms with Crippen LogP contribution in [-0.4, -0.2) is 36.4 Å². The van der Waals surface area contributed by atoms with Gasteiger partial charge in [0.1, 0.15) is 0 Å². The van der Waals surface area contributed by atoms with Crippen LogP contribution in [0.1, 0.15) is 5.56 Å². The first-order valence-electron chi connectivity index (χ1n) is 5.41. The summed E-state index contributed by atoms with van der Waals surface area (Å²) in [6, 6.07) is 5.21. The molecule has 0 amide bonds. The van der Waals surface area contributed by atoms with Crippen molar-refractivity contribution in [3.05, 3.63) is 29.3 Å². The number of aliphatic imine (C=N–C) groups is 1. The molecule has 0 spiro atoms. The van der Waals surface area contributed by atoms with Crippen LogP contribution in [0.4, 0.5) is 11.4 Å². The van der Waals surface area contributed by atoms with E-state index in [1.807, 2.05) is 0 Å². The predicted molar refractivity (Wildman–Crippen MR) is 71.9 cm³/mol. The summed E-state index contributed by atoms with van der Waals surface area (Å²) in [4.78, 5) is 5.06. The highest BCUT2D eigenvalue weighted by Crippen LogP contribution is 2.40. The third-order valence-corrected chi connectivity index (χ3v) is 3.07. The lowest BCUT2D eigenvalue weighted by Crippen LogP contribution is -2.52. The van der Waals surface area contributed by atoms with Crippen molar-refractivity contribution in [3.63, 3.8) is 0 Å².